The van der Waals surface area contributed by atoms with Gasteiger partial charge in [0.2, 0.25) is 5.91 Å². The molecule has 0 N–H and O–H groups in total. The van der Waals surface area contributed by atoms with Crippen LogP contribution in [0.15, 0.2) is 29.3 Å². The van der Waals surface area contributed by atoms with Gasteiger partial charge < -0.3 is 9.64 Å². The number of anilines is 1. The number of pyridine rings is 1. The van der Waals surface area contributed by atoms with E-state index in [2.05, 4.69) is 17.1 Å². The molecule has 0 atom stereocenters. The van der Waals surface area contributed by atoms with Crippen LogP contribution in [0.25, 0.3) is 0 Å². The number of aryl methyl sites for hydroxylation is 1. The zero-order chi connectivity index (χ0) is 20.7. The third-order valence-corrected chi connectivity index (χ3v) is 5.49. The number of para-hydroxylation sites is 2. The average molecular weight is 395 g/mol. The Balaban J connectivity index is 2.28. The average Bonchev–Trinajstić information content (AvgIpc) is 2.71. The SMILES string of the molecule is COc1ccccc1N(CCC#N)C(=O)CSc1nc(C)c(C)c(C)c1C#N. The number of rotatable bonds is 7. The van der Waals surface area contributed by atoms with E-state index in [1.165, 1.54) is 11.8 Å². The molecule has 0 saturated heterocycles. The van der Waals surface area contributed by atoms with Crippen molar-refractivity contribution < 1.29 is 9.53 Å². The predicted molar refractivity (Wildman–Crippen MR) is 109 cm³/mol. The number of methoxy groups -OCH3 is 1. The highest BCUT2D eigenvalue weighted by Crippen LogP contribution is 2.30. The van der Waals surface area contributed by atoms with Crippen LogP contribution in [-0.2, 0) is 4.79 Å². The van der Waals surface area contributed by atoms with Crippen molar-refractivity contribution in [3.63, 3.8) is 0 Å². The van der Waals surface area contributed by atoms with E-state index >= 15 is 0 Å². The van der Waals surface area contributed by atoms with E-state index in [1.54, 1.807) is 24.1 Å². The van der Waals surface area contributed by atoms with Crippen molar-refractivity contribution in [2.45, 2.75) is 32.2 Å². The largest absolute Gasteiger partial charge is 0.495 e. The normalized spacial score (nSPS) is 10.1. The van der Waals surface area contributed by atoms with E-state index in [9.17, 15) is 10.1 Å². The lowest BCUT2D eigenvalue weighted by Gasteiger charge is -2.23. The Morgan fingerprint density at radius 1 is 1.21 bits per heavy atom. The van der Waals surface area contributed by atoms with E-state index in [-0.39, 0.29) is 24.6 Å². The predicted octanol–water partition coefficient (Wildman–Crippen LogP) is 3.93. The Hall–Kier alpha value is -3.03. The summed E-state index contributed by atoms with van der Waals surface area (Å²) in [6.07, 6.45) is 0.207. The maximum atomic E-state index is 13.0. The molecule has 0 aliphatic rings. The van der Waals surface area contributed by atoms with Gasteiger partial charge in [-0.3, -0.25) is 4.79 Å². The van der Waals surface area contributed by atoms with Crippen molar-refractivity contribution >= 4 is 23.4 Å². The number of thioether (sulfide) groups is 1. The van der Waals surface area contributed by atoms with Crippen LogP contribution in [0, 0.1) is 43.4 Å². The second kappa shape index (κ2) is 9.77. The number of carbonyl (C=O) groups excluding carboxylic acids is 1. The van der Waals surface area contributed by atoms with Crippen LogP contribution in [0.3, 0.4) is 0 Å². The highest BCUT2D eigenvalue weighted by molar-refractivity contribution is 8.00. The Morgan fingerprint density at radius 3 is 2.57 bits per heavy atom. The molecular formula is C21H22N4O2S. The zero-order valence-corrected chi connectivity index (χ0v) is 17.3. The Labute approximate surface area is 169 Å². The molecule has 0 spiro atoms. The molecule has 1 heterocycles. The molecular weight excluding hydrogens is 372 g/mol. The maximum Gasteiger partial charge on any atom is 0.237 e. The van der Waals surface area contributed by atoms with Crippen molar-refractivity contribution in [1.29, 1.82) is 10.5 Å². The lowest BCUT2D eigenvalue weighted by molar-refractivity contribution is -0.116. The maximum absolute atomic E-state index is 13.0. The zero-order valence-electron chi connectivity index (χ0n) is 16.4. The van der Waals surface area contributed by atoms with E-state index in [0.717, 1.165) is 16.8 Å². The van der Waals surface area contributed by atoms with Crippen LogP contribution in [0.1, 0.15) is 28.8 Å². The van der Waals surface area contributed by atoms with Gasteiger partial charge in [-0.2, -0.15) is 10.5 Å². The van der Waals surface area contributed by atoms with Crippen molar-refractivity contribution in [3.8, 4) is 17.9 Å². The molecule has 144 valence electrons. The summed E-state index contributed by atoms with van der Waals surface area (Å²) in [4.78, 5) is 19.0. The minimum absolute atomic E-state index is 0.104. The monoisotopic (exact) mass is 394 g/mol. The number of amides is 1. The lowest BCUT2D eigenvalue weighted by Crippen LogP contribution is -2.33. The van der Waals surface area contributed by atoms with Gasteiger partial charge in [0.05, 0.1) is 36.6 Å². The van der Waals surface area contributed by atoms with E-state index < -0.39 is 0 Å². The number of nitriles is 2. The Kier molecular flexibility index (Phi) is 7.43. The molecule has 7 heteroatoms. The van der Waals surface area contributed by atoms with Gasteiger partial charge in [-0.25, -0.2) is 4.98 Å². The van der Waals surface area contributed by atoms with Gasteiger partial charge in [0.1, 0.15) is 16.8 Å². The molecule has 0 aliphatic carbocycles. The number of hydrogen-bond donors (Lipinski definition) is 0. The molecule has 2 rings (SSSR count). The van der Waals surface area contributed by atoms with Gasteiger partial charge >= 0.3 is 0 Å². The quantitative estimate of drug-likeness (QED) is 0.661. The molecule has 0 unspecified atom stereocenters. The van der Waals surface area contributed by atoms with Gasteiger partial charge in [0, 0.05) is 12.2 Å². The molecule has 2 aromatic rings. The number of benzene rings is 1. The van der Waals surface area contributed by atoms with E-state index in [0.29, 0.717) is 22.0 Å². The van der Waals surface area contributed by atoms with Crippen molar-refractivity contribution in [2.75, 3.05) is 24.3 Å². The molecule has 0 fully saturated rings. The summed E-state index contributed by atoms with van der Waals surface area (Å²) in [5.74, 6) is 0.496. The van der Waals surface area contributed by atoms with Crippen LogP contribution in [0.2, 0.25) is 0 Å². The van der Waals surface area contributed by atoms with Crippen LogP contribution < -0.4 is 9.64 Å². The summed E-state index contributed by atoms with van der Waals surface area (Å²) < 4.78 is 5.36. The second-order valence-corrected chi connectivity index (χ2v) is 7.12. The van der Waals surface area contributed by atoms with Gasteiger partial charge in [-0.15, -0.1) is 0 Å². The van der Waals surface area contributed by atoms with Gasteiger partial charge in [-0.05, 0) is 44.0 Å². The van der Waals surface area contributed by atoms with E-state index in [4.69, 9.17) is 10.00 Å². The molecule has 1 amide bonds. The van der Waals surface area contributed by atoms with Crippen LogP contribution in [0.5, 0.6) is 5.75 Å². The molecule has 1 aromatic carbocycles. The molecule has 0 saturated carbocycles. The fraction of sp³-hybridized carbons (Fsp3) is 0.333. The molecule has 0 bridgehead atoms. The summed E-state index contributed by atoms with van der Waals surface area (Å²) >= 11 is 1.24. The molecule has 0 aliphatic heterocycles. The number of aromatic nitrogens is 1. The lowest BCUT2D eigenvalue weighted by atomic mass is 10.1. The molecule has 28 heavy (non-hydrogen) atoms. The fourth-order valence-electron chi connectivity index (χ4n) is 2.75. The summed E-state index contributed by atoms with van der Waals surface area (Å²) in [5, 5.41) is 19.0. The number of hydrogen-bond acceptors (Lipinski definition) is 6. The van der Waals surface area contributed by atoms with Crippen LogP contribution in [0.4, 0.5) is 5.69 Å². The first-order chi connectivity index (χ1) is 13.4. The summed E-state index contributed by atoms with van der Waals surface area (Å²) in [6, 6.07) is 11.5. The van der Waals surface area contributed by atoms with Gasteiger partial charge in [0.25, 0.3) is 0 Å². The fourth-order valence-corrected chi connectivity index (χ4v) is 3.71. The summed E-state index contributed by atoms with van der Waals surface area (Å²) in [6.45, 7) is 5.98. The summed E-state index contributed by atoms with van der Waals surface area (Å²) in [7, 11) is 1.54. The first kappa shape index (κ1) is 21.3. The minimum Gasteiger partial charge on any atom is -0.495 e. The molecule has 6 nitrogen and oxygen atoms in total. The number of ether oxygens (including phenoxy) is 1. The smallest absolute Gasteiger partial charge is 0.237 e. The minimum atomic E-state index is -0.175. The van der Waals surface area contributed by atoms with Gasteiger partial charge in [-0.1, -0.05) is 23.9 Å². The summed E-state index contributed by atoms with van der Waals surface area (Å²) in [5.41, 5.74) is 3.84. The third-order valence-electron chi connectivity index (χ3n) is 4.53. The number of carbonyl (C=O) groups is 1. The Morgan fingerprint density at radius 2 is 1.93 bits per heavy atom. The topological polar surface area (TPSA) is 90.0 Å². The van der Waals surface area contributed by atoms with Crippen LogP contribution in [-0.4, -0.2) is 30.3 Å². The van der Waals surface area contributed by atoms with Gasteiger partial charge in [0.15, 0.2) is 0 Å². The second-order valence-electron chi connectivity index (χ2n) is 6.15. The standard InChI is InChI=1S/C21H22N4O2S/c1-14-15(2)17(12-23)21(24-16(14)3)28-13-20(26)25(11-7-10-22)18-8-5-6-9-19(18)27-4/h5-6,8-9H,7,11,13H2,1-4H3. The first-order valence-corrected chi connectivity index (χ1v) is 9.74. The Bertz CT molecular complexity index is 960. The third kappa shape index (κ3) is 4.62. The first-order valence-electron chi connectivity index (χ1n) is 8.75. The van der Waals surface area contributed by atoms with Crippen molar-refractivity contribution in [2.24, 2.45) is 0 Å². The highest BCUT2D eigenvalue weighted by atomic mass is 32.2. The molecule has 0 radical (unpaired) electrons. The highest BCUT2D eigenvalue weighted by Gasteiger charge is 2.21. The van der Waals surface area contributed by atoms with Crippen molar-refractivity contribution in [3.05, 3.63) is 46.6 Å². The van der Waals surface area contributed by atoms with Crippen molar-refractivity contribution in [1.82, 2.24) is 4.98 Å². The number of nitrogens with zero attached hydrogens (tertiary/aromatic N) is 4. The van der Waals surface area contributed by atoms with E-state index in [1.807, 2.05) is 32.9 Å². The van der Waals surface area contributed by atoms with Crippen LogP contribution >= 0.6 is 11.8 Å². The molecule has 1 aromatic heterocycles.